The van der Waals surface area contributed by atoms with E-state index in [9.17, 15) is 4.79 Å². The Bertz CT molecular complexity index is 58.1. The zero-order chi connectivity index (χ0) is 9.70. The Morgan fingerprint density at radius 1 is 1.27 bits per heavy atom. The van der Waals surface area contributed by atoms with Gasteiger partial charge in [-0.2, -0.15) is 0 Å². The SMILES string of the molecule is CC.CC.CN(C=O)CCO. The lowest BCUT2D eigenvalue weighted by Crippen LogP contribution is -2.19. The largest absolute Gasteiger partial charge is 0.395 e. The van der Waals surface area contributed by atoms with Crippen LogP contribution >= 0.6 is 0 Å². The van der Waals surface area contributed by atoms with Gasteiger partial charge in [-0.05, 0) is 0 Å². The summed E-state index contributed by atoms with van der Waals surface area (Å²) in [4.78, 5) is 11.1. The lowest BCUT2D eigenvalue weighted by Gasteiger charge is -2.04. The van der Waals surface area contributed by atoms with E-state index in [1.165, 1.54) is 4.90 Å². The van der Waals surface area contributed by atoms with Gasteiger partial charge in [-0.15, -0.1) is 0 Å². The number of aliphatic hydroxyl groups is 1. The highest BCUT2D eigenvalue weighted by molar-refractivity contribution is 5.46. The second-order valence-electron chi connectivity index (χ2n) is 1.31. The minimum Gasteiger partial charge on any atom is -0.395 e. The van der Waals surface area contributed by atoms with E-state index >= 15 is 0 Å². The summed E-state index contributed by atoms with van der Waals surface area (Å²) in [7, 11) is 1.61. The van der Waals surface area contributed by atoms with Crippen LogP contribution in [0.4, 0.5) is 0 Å². The molecule has 0 bridgehead atoms. The maximum Gasteiger partial charge on any atom is 0.209 e. The number of carbonyl (C=O) groups excluding carboxylic acids is 1. The molecule has 0 rings (SSSR count). The van der Waals surface area contributed by atoms with E-state index < -0.39 is 0 Å². The van der Waals surface area contributed by atoms with Crippen molar-refractivity contribution < 1.29 is 9.90 Å². The summed E-state index contributed by atoms with van der Waals surface area (Å²) in [5.41, 5.74) is 0. The molecule has 3 nitrogen and oxygen atoms in total. The summed E-state index contributed by atoms with van der Waals surface area (Å²) in [5.74, 6) is 0. The van der Waals surface area contributed by atoms with Crippen LogP contribution < -0.4 is 0 Å². The van der Waals surface area contributed by atoms with Crippen molar-refractivity contribution in [3.05, 3.63) is 0 Å². The molecule has 1 N–H and O–H groups in total. The van der Waals surface area contributed by atoms with E-state index in [-0.39, 0.29) is 6.61 Å². The average molecular weight is 163 g/mol. The van der Waals surface area contributed by atoms with Gasteiger partial charge in [0.05, 0.1) is 6.61 Å². The predicted octanol–water partition coefficient (Wildman–Crippen LogP) is 1.12. The Balaban J connectivity index is -0.000000138. The molecule has 11 heavy (non-hydrogen) atoms. The topological polar surface area (TPSA) is 40.5 Å². The van der Waals surface area contributed by atoms with Crippen molar-refractivity contribution in [2.75, 3.05) is 20.2 Å². The van der Waals surface area contributed by atoms with Crippen LogP contribution in [0, 0.1) is 0 Å². The Kier molecular flexibility index (Phi) is 34.7. The van der Waals surface area contributed by atoms with Gasteiger partial charge in [0, 0.05) is 13.6 Å². The van der Waals surface area contributed by atoms with Gasteiger partial charge < -0.3 is 10.0 Å². The lowest BCUT2D eigenvalue weighted by molar-refractivity contribution is -0.117. The number of nitrogens with zero attached hydrogens (tertiary/aromatic N) is 1. The molecule has 0 saturated carbocycles. The van der Waals surface area contributed by atoms with E-state index in [1.807, 2.05) is 27.7 Å². The van der Waals surface area contributed by atoms with E-state index in [4.69, 9.17) is 5.11 Å². The Labute approximate surface area is 70.0 Å². The van der Waals surface area contributed by atoms with Gasteiger partial charge in [-0.25, -0.2) is 0 Å². The molecule has 0 heterocycles. The first-order valence-electron chi connectivity index (χ1n) is 4.07. The molecule has 0 unspecified atom stereocenters. The highest BCUT2D eigenvalue weighted by atomic mass is 16.3. The quantitative estimate of drug-likeness (QED) is 0.633. The molecular formula is C8H21NO2. The number of hydrogen-bond acceptors (Lipinski definition) is 2. The third-order valence-electron chi connectivity index (χ3n) is 0.633. The molecule has 0 aromatic rings. The van der Waals surface area contributed by atoms with E-state index in [2.05, 4.69) is 0 Å². The zero-order valence-corrected chi connectivity index (χ0v) is 8.29. The molecule has 0 saturated heterocycles. The summed E-state index contributed by atoms with van der Waals surface area (Å²) in [6.45, 7) is 8.46. The third kappa shape index (κ3) is 26.5. The molecule has 0 aliphatic carbocycles. The Morgan fingerprint density at radius 3 is 1.73 bits per heavy atom. The summed E-state index contributed by atoms with van der Waals surface area (Å²) in [6, 6.07) is 0. The fourth-order valence-electron chi connectivity index (χ4n) is 0.210. The van der Waals surface area contributed by atoms with Crippen LogP contribution in [0.1, 0.15) is 27.7 Å². The second-order valence-corrected chi connectivity index (χ2v) is 1.31. The van der Waals surface area contributed by atoms with Crippen LogP contribution in [-0.2, 0) is 4.79 Å². The standard InChI is InChI=1S/C4H9NO2.2C2H6/c1-5(4-7)2-3-6;2*1-2/h4,6H,2-3H2,1H3;2*1-2H3. The zero-order valence-electron chi connectivity index (χ0n) is 8.29. The van der Waals surface area contributed by atoms with Crippen molar-refractivity contribution in [3.63, 3.8) is 0 Å². The van der Waals surface area contributed by atoms with Crippen molar-refractivity contribution in [2.45, 2.75) is 27.7 Å². The molecule has 70 valence electrons. The highest BCUT2D eigenvalue weighted by Crippen LogP contribution is 1.68. The van der Waals surface area contributed by atoms with Crippen LogP contribution in [0.5, 0.6) is 0 Å². The molecule has 0 aliphatic rings. The number of hydrogen-bond donors (Lipinski definition) is 1. The average Bonchev–Trinajstić information content (AvgIpc) is 2.12. The minimum absolute atomic E-state index is 0.0369. The predicted molar refractivity (Wildman–Crippen MR) is 48.5 cm³/mol. The first-order valence-corrected chi connectivity index (χ1v) is 4.07. The van der Waals surface area contributed by atoms with Crippen LogP contribution in [0.2, 0.25) is 0 Å². The number of aliphatic hydroxyl groups excluding tert-OH is 1. The van der Waals surface area contributed by atoms with Crippen LogP contribution in [0.25, 0.3) is 0 Å². The molecule has 3 heteroatoms. The fourth-order valence-corrected chi connectivity index (χ4v) is 0.210. The first kappa shape index (κ1) is 16.8. The van der Waals surface area contributed by atoms with Crippen LogP contribution in [-0.4, -0.2) is 36.6 Å². The van der Waals surface area contributed by atoms with E-state index in [0.717, 1.165) is 0 Å². The second kappa shape index (κ2) is 22.7. The molecule has 0 spiro atoms. The molecule has 0 fully saturated rings. The summed E-state index contributed by atoms with van der Waals surface area (Å²) >= 11 is 0. The van der Waals surface area contributed by atoms with Crippen molar-refractivity contribution >= 4 is 6.41 Å². The normalized spacial score (nSPS) is 6.36. The maximum atomic E-state index is 9.71. The molecule has 0 aliphatic heterocycles. The van der Waals surface area contributed by atoms with E-state index in [0.29, 0.717) is 13.0 Å². The van der Waals surface area contributed by atoms with Gasteiger partial charge in [0.2, 0.25) is 6.41 Å². The van der Waals surface area contributed by atoms with Gasteiger partial charge in [0.1, 0.15) is 0 Å². The highest BCUT2D eigenvalue weighted by Gasteiger charge is 1.85. The summed E-state index contributed by atoms with van der Waals surface area (Å²) < 4.78 is 0. The molecular weight excluding hydrogens is 142 g/mol. The molecule has 0 atom stereocenters. The monoisotopic (exact) mass is 163 g/mol. The van der Waals surface area contributed by atoms with Crippen molar-refractivity contribution in [2.24, 2.45) is 0 Å². The lowest BCUT2D eigenvalue weighted by atomic mass is 10.6. The minimum atomic E-state index is 0.0369. The summed E-state index contributed by atoms with van der Waals surface area (Å²) in [5, 5.41) is 8.17. The number of amides is 1. The van der Waals surface area contributed by atoms with Crippen molar-refractivity contribution in [3.8, 4) is 0 Å². The number of rotatable bonds is 3. The summed E-state index contributed by atoms with van der Waals surface area (Å²) in [6.07, 6.45) is 0.677. The number of carbonyl (C=O) groups is 1. The van der Waals surface area contributed by atoms with Crippen molar-refractivity contribution in [1.82, 2.24) is 4.90 Å². The Morgan fingerprint density at radius 2 is 1.64 bits per heavy atom. The maximum absolute atomic E-state index is 9.71. The Hall–Kier alpha value is -0.570. The van der Waals surface area contributed by atoms with Gasteiger partial charge in [0.15, 0.2) is 0 Å². The van der Waals surface area contributed by atoms with E-state index in [1.54, 1.807) is 7.05 Å². The van der Waals surface area contributed by atoms with Gasteiger partial charge >= 0.3 is 0 Å². The number of likely N-dealkylation sites (N-methyl/N-ethyl adjacent to an activating group) is 1. The first-order chi connectivity index (χ1) is 5.31. The molecule has 1 amide bonds. The smallest absolute Gasteiger partial charge is 0.209 e. The van der Waals surface area contributed by atoms with Gasteiger partial charge in [0.25, 0.3) is 0 Å². The molecule has 0 aromatic heterocycles. The van der Waals surface area contributed by atoms with Gasteiger partial charge in [-0.1, -0.05) is 27.7 Å². The van der Waals surface area contributed by atoms with Crippen LogP contribution in [0.3, 0.4) is 0 Å². The van der Waals surface area contributed by atoms with Gasteiger partial charge in [-0.3, -0.25) is 4.79 Å². The van der Waals surface area contributed by atoms with Crippen molar-refractivity contribution in [1.29, 1.82) is 0 Å². The fraction of sp³-hybridized carbons (Fsp3) is 0.875. The third-order valence-corrected chi connectivity index (χ3v) is 0.633. The molecule has 0 aromatic carbocycles. The molecule has 0 radical (unpaired) electrons. The van der Waals surface area contributed by atoms with Crippen LogP contribution in [0.15, 0.2) is 0 Å².